The number of pyridine rings is 1. The third-order valence-electron chi connectivity index (χ3n) is 3.20. The fourth-order valence-corrected chi connectivity index (χ4v) is 1.15. The fraction of sp³-hybridized carbons (Fsp3) is 0.538. The van der Waals surface area contributed by atoms with Crippen molar-refractivity contribution in [1.82, 2.24) is 4.98 Å². The van der Waals surface area contributed by atoms with Crippen LogP contribution in [0.1, 0.15) is 33.3 Å². The first kappa shape index (κ1) is 12.5. The third-order valence-corrected chi connectivity index (χ3v) is 3.20. The average Bonchev–Trinajstić information content (AvgIpc) is 2.26. The van der Waals surface area contributed by atoms with Crippen molar-refractivity contribution < 1.29 is 0 Å². The first-order valence-corrected chi connectivity index (χ1v) is 5.56. The Morgan fingerprint density at radius 3 is 2.75 bits per heavy atom. The molecule has 1 rings (SSSR count). The number of hydrogen-bond donors (Lipinski definition) is 1. The lowest BCUT2D eigenvalue weighted by atomic mass is 9.81. The molecule has 3 heteroatoms. The Labute approximate surface area is 97.5 Å². The fourth-order valence-electron chi connectivity index (χ4n) is 1.15. The minimum Gasteiger partial charge on any atom is -0.368 e. The number of rotatable bonds is 4. The van der Waals surface area contributed by atoms with Gasteiger partial charge in [0.15, 0.2) is 0 Å². The third kappa shape index (κ3) is 2.96. The van der Waals surface area contributed by atoms with Crippen LogP contribution in [0.15, 0.2) is 18.3 Å². The van der Waals surface area contributed by atoms with Gasteiger partial charge in [0.25, 0.3) is 0 Å². The molecule has 0 saturated carbocycles. The maximum atomic E-state index is 8.93. The van der Waals surface area contributed by atoms with Gasteiger partial charge in [-0.25, -0.2) is 4.98 Å². The van der Waals surface area contributed by atoms with Crippen molar-refractivity contribution in [3.8, 4) is 6.07 Å². The second-order valence-electron chi connectivity index (χ2n) is 5.01. The molecule has 0 fully saturated rings. The molecule has 0 unspecified atom stereocenters. The minimum absolute atomic E-state index is 0.185. The maximum absolute atomic E-state index is 8.93. The second-order valence-corrected chi connectivity index (χ2v) is 5.01. The average molecular weight is 217 g/mol. The molecule has 1 N–H and O–H groups in total. The van der Waals surface area contributed by atoms with Crippen LogP contribution in [0.5, 0.6) is 0 Å². The summed E-state index contributed by atoms with van der Waals surface area (Å²) < 4.78 is 0. The first-order valence-electron chi connectivity index (χ1n) is 5.56. The SMILES string of the molecule is CC(C)C(C)(C)CNc1ncccc1C#N. The molecular formula is C13H19N3. The molecule has 0 saturated heterocycles. The molecule has 86 valence electrons. The summed E-state index contributed by atoms with van der Waals surface area (Å²) in [5, 5.41) is 12.2. The quantitative estimate of drug-likeness (QED) is 0.843. The predicted octanol–water partition coefficient (Wildman–Crippen LogP) is 3.05. The summed E-state index contributed by atoms with van der Waals surface area (Å²) in [6.45, 7) is 9.63. The summed E-state index contributed by atoms with van der Waals surface area (Å²) in [5.74, 6) is 1.26. The van der Waals surface area contributed by atoms with E-state index >= 15 is 0 Å². The van der Waals surface area contributed by atoms with E-state index in [-0.39, 0.29) is 5.41 Å². The van der Waals surface area contributed by atoms with Crippen molar-refractivity contribution in [3.63, 3.8) is 0 Å². The highest BCUT2D eigenvalue weighted by atomic mass is 15.0. The Hall–Kier alpha value is -1.56. The Balaban J connectivity index is 2.72. The van der Waals surface area contributed by atoms with Gasteiger partial charge < -0.3 is 5.32 Å². The summed E-state index contributed by atoms with van der Waals surface area (Å²) >= 11 is 0. The van der Waals surface area contributed by atoms with Crippen molar-refractivity contribution in [2.45, 2.75) is 27.7 Å². The second kappa shape index (κ2) is 4.98. The normalized spacial score (nSPS) is 11.2. The van der Waals surface area contributed by atoms with Gasteiger partial charge in [-0.3, -0.25) is 0 Å². The van der Waals surface area contributed by atoms with E-state index in [1.54, 1.807) is 18.3 Å². The van der Waals surface area contributed by atoms with Crippen LogP contribution in [-0.4, -0.2) is 11.5 Å². The molecule has 16 heavy (non-hydrogen) atoms. The molecule has 0 radical (unpaired) electrons. The van der Waals surface area contributed by atoms with Gasteiger partial charge in [-0.05, 0) is 23.5 Å². The molecule has 0 amide bonds. The van der Waals surface area contributed by atoms with Crippen molar-refractivity contribution in [2.24, 2.45) is 11.3 Å². The monoisotopic (exact) mass is 217 g/mol. The van der Waals surface area contributed by atoms with Crippen LogP contribution in [0.4, 0.5) is 5.82 Å². The van der Waals surface area contributed by atoms with E-state index in [0.29, 0.717) is 17.3 Å². The Morgan fingerprint density at radius 2 is 2.19 bits per heavy atom. The smallest absolute Gasteiger partial charge is 0.143 e. The topological polar surface area (TPSA) is 48.7 Å². The minimum atomic E-state index is 0.185. The Kier molecular flexibility index (Phi) is 3.89. The summed E-state index contributed by atoms with van der Waals surface area (Å²) in [6.07, 6.45) is 1.70. The van der Waals surface area contributed by atoms with Crippen molar-refractivity contribution in [1.29, 1.82) is 5.26 Å². The lowest BCUT2D eigenvalue weighted by Gasteiger charge is -2.29. The molecule has 0 spiro atoms. The van der Waals surface area contributed by atoms with Crippen molar-refractivity contribution >= 4 is 5.82 Å². The van der Waals surface area contributed by atoms with E-state index in [0.717, 1.165) is 6.54 Å². The molecule has 0 aliphatic heterocycles. The zero-order valence-corrected chi connectivity index (χ0v) is 10.4. The molecule has 3 nitrogen and oxygen atoms in total. The van der Waals surface area contributed by atoms with Gasteiger partial charge in [0, 0.05) is 12.7 Å². The summed E-state index contributed by atoms with van der Waals surface area (Å²) in [7, 11) is 0. The van der Waals surface area contributed by atoms with Crippen molar-refractivity contribution in [3.05, 3.63) is 23.9 Å². The van der Waals surface area contributed by atoms with Crippen LogP contribution < -0.4 is 5.32 Å². The van der Waals surface area contributed by atoms with E-state index < -0.39 is 0 Å². The molecule has 0 aliphatic carbocycles. The Morgan fingerprint density at radius 1 is 1.50 bits per heavy atom. The van der Waals surface area contributed by atoms with Crippen LogP contribution >= 0.6 is 0 Å². The van der Waals surface area contributed by atoms with Crippen LogP contribution in [0.25, 0.3) is 0 Å². The van der Waals surface area contributed by atoms with E-state index in [2.05, 4.69) is 44.1 Å². The lowest BCUT2D eigenvalue weighted by molar-refractivity contribution is 0.269. The lowest BCUT2D eigenvalue weighted by Crippen LogP contribution is -2.29. The van der Waals surface area contributed by atoms with Gasteiger partial charge in [0.1, 0.15) is 11.9 Å². The molecule has 1 aromatic heterocycles. The zero-order valence-electron chi connectivity index (χ0n) is 10.4. The summed E-state index contributed by atoms with van der Waals surface area (Å²) in [5.41, 5.74) is 0.784. The van der Waals surface area contributed by atoms with E-state index in [9.17, 15) is 0 Å². The van der Waals surface area contributed by atoms with Crippen LogP contribution in [0.3, 0.4) is 0 Å². The van der Waals surface area contributed by atoms with Gasteiger partial charge in [-0.2, -0.15) is 5.26 Å². The standard InChI is InChI=1S/C13H19N3/c1-10(2)13(3,4)9-16-12-11(8-14)6-5-7-15-12/h5-7,10H,9H2,1-4H3,(H,15,16). The zero-order chi connectivity index (χ0) is 12.2. The van der Waals surface area contributed by atoms with Gasteiger partial charge in [-0.15, -0.1) is 0 Å². The van der Waals surface area contributed by atoms with Gasteiger partial charge in [0.05, 0.1) is 5.56 Å². The van der Waals surface area contributed by atoms with Crippen LogP contribution in [-0.2, 0) is 0 Å². The highest BCUT2D eigenvalue weighted by molar-refractivity contribution is 5.51. The maximum Gasteiger partial charge on any atom is 0.143 e. The van der Waals surface area contributed by atoms with Crippen molar-refractivity contribution in [2.75, 3.05) is 11.9 Å². The first-order chi connectivity index (χ1) is 7.47. The largest absolute Gasteiger partial charge is 0.368 e. The number of hydrogen-bond acceptors (Lipinski definition) is 3. The van der Waals surface area contributed by atoms with Gasteiger partial charge >= 0.3 is 0 Å². The van der Waals surface area contributed by atoms with Gasteiger partial charge in [-0.1, -0.05) is 27.7 Å². The molecule has 1 aromatic rings. The molecule has 1 heterocycles. The van der Waals surface area contributed by atoms with E-state index in [1.807, 2.05) is 0 Å². The highest BCUT2D eigenvalue weighted by Crippen LogP contribution is 2.26. The highest BCUT2D eigenvalue weighted by Gasteiger charge is 2.22. The van der Waals surface area contributed by atoms with E-state index in [1.165, 1.54) is 0 Å². The number of nitriles is 1. The Bertz CT molecular complexity index is 388. The van der Waals surface area contributed by atoms with E-state index in [4.69, 9.17) is 5.26 Å². The van der Waals surface area contributed by atoms with Crippen LogP contribution in [0, 0.1) is 22.7 Å². The molecule has 0 bridgehead atoms. The number of nitrogens with zero attached hydrogens (tertiary/aromatic N) is 2. The number of nitrogens with one attached hydrogen (secondary N) is 1. The van der Waals surface area contributed by atoms with Crippen LogP contribution in [0.2, 0.25) is 0 Å². The summed E-state index contributed by atoms with van der Waals surface area (Å²) in [4.78, 5) is 4.18. The molecule has 0 atom stereocenters. The number of aromatic nitrogens is 1. The van der Waals surface area contributed by atoms with Gasteiger partial charge in [0.2, 0.25) is 0 Å². The number of anilines is 1. The predicted molar refractivity (Wildman–Crippen MR) is 66.1 cm³/mol. The molecule has 0 aromatic carbocycles. The summed E-state index contributed by atoms with van der Waals surface area (Å²) in [6, 6.07) is 5.69. The molecular weight excluding hydrogens is 198 g/mol. The molecule has 0 aliphatic rings.